The highest BCUT2D eigenvalue weighted by Gasteiger charge is 2.33. The number of rotatable bonds is 7. The van der Waals surface area contributed by atoms with Crippen molar-refractivity contribution in [3.63, 3.8) is 0 Å². The number of hydrogen-bond donors (Lipinski definition) is 3. The zero-order chi connectivity index (χ0) is 20.5. The van der Waals surface area contributed by atoms with Gasteiger partial charge in [-0.2, -0.15) is 0 Å². The van der Waals surface area contributed by atoms with Crippen molar-refractivity contribution in [3.05, 3.63) is 47.5 Å². The van der Waals surface area contributed by atoms with E-state index < -0.39 is 35.8 Å². The van der Waals surface area contributed by atoms with Crippen LogP contribution in [0.3, 0.4) is 0 Å². The lowest BCUT2D eigenvalue weighted by Crippen LogP contribution is -2.46. The number of carbonyl (C=O) groups is 4. The molecule has 0 saturated heterocycles. The third-order valence-corrected chi connectivity index (χ3v) is 4.73. The second-order valence-corrected chi connectivity index (χ2v) is 6.93. The number of nitrogens with one attached hydrogen (secondary N) is 1. The van der Waals surface area contributed by atoms with Gasteiger partial charge in [0.25, 0.3) is 11.8 Å². The third kappa shape index (κ3) is 3.59. The van der Waals surface area contributed by atoms with Crippen LogP contribution in [-0.4, -0.2) is 57.5 Å². The standard InChI is InChI=1S/C20H20N2O6/c1-20(28,19(26)27)11-21-15(23)9-4-10-22-17(24)13-7-2-5-12-6-3-8-14(16(12)13)18(22)25/h2-3,5-8,28H,4,9-11H2,1H3,(H,21,23)(H,26,27). The van der Waals surface area contributed by atoms with E-state index in [1.54, 1.807) is 24.3 Å². The lowest BCUT2D eigenvalue weighted by molar-refractivity contribution is -0.156. The van der Waals surface area contributed by atoms with Gasteiger partial charge in [-0.3, -0.25) is 19.3 Å². The normalized spacial score (nSPS) is 15.4. The largest absolute Gasteiger partial charge is 0.479 e. The predicted molar refractivity (Wildman–Crippen MR) is 99.8 cm³/mol. The summed E-state index contributed by atoms with van der Waals surface area (Å²) >= 11 is 0. The van der Waals surface area contributed by atoms with E-state index in [1.165, 1.54) is 0 Å². The minimum atomic E-state index is -2.06. The van der Waals surface area contributed by atoms with E-state index in [2.05, 4.69) is 5.32 Å². The molecule has 146 valence electrons. The molecule has 28 heavy (non-hydrogen) atoms. The molecule has 2 aromatic carbocycles. The Morgan fingerprint density at radius 2 is 1.64 bits per heavy atom. The molecule has 8 heteroatoms. The first-order valence-electron chi connectivity index (χ1n) is 8.83. The number of amides is 3. The van der Waals surface area contributed by atoms with Crippen LogP contribution in [0.5, 0.6) is 0 Å². The van der Waals surface area contributed by atoms with Crippen molar-refractivity contribution in [2.24, 2.45) is 0 Å². The molecule has 1 unspecified atom stereocenters. The van der Waals surface area contributed by atoms with Crippen LogP contribution >= 0.6 is 0 Å². The molecule has 3 rings (SSSR count). The molecule has 0 aliphatic carbocycles. The van der Waals surface area contributed by atoms with E-state index in [0.717, 1.165) is 17.2 Å². The molecular weight excluding hydrogens is 364 g/mol. The third-order valence-electron chi connectivity index (χ3n) is 4.73. The quantitative estimate of drug-likeness (QED) is 0.616. The van der Waals surface area contributed by atoms with Gasteiger partial charge in [-0.05, 0) is 30.9 Å². The van der Waals surface area contributed by atoms with Crippen molar-refractivity contribution in [1.29, 1.82) is 0 Å². The maximum atomic E-state index is 12.7. The second-order valence-electron chi connectivity index (χ2n) is 6.93. The molecule has 0 bridgehead atoms. The maximum absolute atomic E-state index is 12.7. The lowest BCUT2D eigenvalue weighted by Gasteiger charge is -2.27. The monoisotopic (exact) mass is 384 g/mol. The van der Waals surface area contributed by atoms with Crippen molar-refractivity contribution in [3.8, 4) is 0 Å². The van der Waals surface area contributed by atoms with E-state index in [1.807, 2.05) is 12.1 Å². The van der Waals surface area contributed by atoms with E-state index in [9.17, 15) is 24.3 Å². The van der Waals surface area contributed by atoms with Gasteiger partial charge in [0, 0.05) is 29.5 Å². The molecule has 3 amide bonds. The Hall–Kier alpha value is -3.26. The van der Waals surface area contributed by atoms with E-state index in [0.29, 0.717) is 16.5 Å². The number of carboxylic acids is 1. The zero-order valence-electron chi connectivity index (χ0n) is 15.3. The van der Waals surface area contributed by atoms with Crippen LogP contribution in [0.1, 0.15) is 40.5 Å². The molecule has 0 saturated carbocycles. The molecule has 3 N–H and O–H groups in total. The van der Waals surface area contributed by atoms with E-state index >= 15 is 0 Å². The van der Waals surface area contributed by atoms with Gasteiger partial charge in [-0.1, -0.05) is 24.3 Å². The fraction of sp³-hybridized carbons (Fsp3) is 0.300. The van der Waals surface area contributed by atoms with Crippen molar-refractivity contribution in [1.82, 2.24) is 10.2 Å². The highest BCUT2D eigenvalue weighted by molar-refractivity contribution is 6.25. The van der Waals surface area contributed by atoms with Gasteiger partial charge < -0.3 is 15.5 Å². The number of hydrogen-bond acceptors (Lipinski definition) is 5. The topological polar surface area (TPSA) is 124 Å². The average Bonchev–Trinajstić information content (AvgIpc) is 2.67. The summed E-state index contributed by atoms with van der Waals surface area (Å²) in [5.74, 6) is -2.71. The molecule has 1 atom stereocenters. The van der Waals surface area contributed by atoms with Gasteiger partial charge in [0.15, 0.2) is 5.60 Å². The Kier molecular flexibility index (Phi) is 5.15. The van der Waals surface area contributed by atoms with Crippen molar-refractivity contribution in [2.45, 2.75) is 25.4 Å². The molecule has 0 aromatic heterocycles. The fourth-order valence-corrected chi connectivity index (χ4v) is 3.12. The summed E-state index contributed by atoms with van der Waals surface area (Å²) in [5.41, 5.74) is -1.15. The molecular formula is C20H20N2O6. The number of benzene rings is 2. The van der Waals surface area contributed by atoms with Crippen LogP contribution in [0.25, 0.3) is 10.8 Å². The number of carbonyl (C=O) groups excluding carboxylic acids is 3. The predicted octanol–water partition coefficient (Wildman–Crippen LogP) is 1.17. The summed E-state index contributed by atoms with van der Waals surface area (Å²) in [6.07, 6.45) is 0.204. The summed E-state index contributed by atoms with van der Waals surface area (Å²) in [6, 6.07) is 10.6. The number of aliphatic hydroxyl groups is 1. The molecule has 1 heterocycles. The number of carboxylic acid groups (broad SMARTS) is 1. The molecule has 8 nitrogen and oxygen atoms in total. The summed E-state index contributed by atoms with van der Waals surface area (Å²) < 4.78 is 0. The summed E-state index contributed by atoms with van der Waals surface area (Å²) in [5, 5.41) is 22.2. The van der Waals surface area contributed by atoms with Crippen LogP contribution in [0.4, 0.5) is 0 Å². The van der Waals surface area contributed by atoms with Crippen LogP contribution < -0.4 is 5.32 Å². The van der Waals surface area contributed by atoms with Gasteiger partial charge >= 0.3 is 5.97 Å². The zero-order valence-corrected chi connectivity index (χ0v) is 15.3. The summed E-state index contributed by atoms with van der Waals surface area (Å²) in [7, 11) is 0. The fourth-order valence-electron chi connectivity index (χ4n) is 3.12. The van der Waals surface area contributed by atoms with Crippen LogP contribution in [-0.2, 0) is 9.59 Å². The first kappa shape index (κ1) is 19.5. The van der Waals surface area contributed by atoms with Gasteiger partial charge in [-0.25, -0.2) is 4.79 Å². The first-order valence-corrected chi connectivity index (χ1v) is 8.83. The number of imide groups is 1. The Labute approximate surface area is 160 Å². The number of nitrogens with zero attached hydrogens (tertiary/aromatic N) is 1. The summed E-state index contributed by atoms with van der Waals surface area (Å²) in [6.45, 7) is 0.710. The molecule has 0 spiro atoms. The Bertz CT molecular complexity index is 931. The maximum Gasteiger partial charge on any atom is 0.337 e. The Morgan fingerprint density at radius 1 is 1.07 bits per heavy atom. The molecule has 2 aromatic rings. The smallest absolute Gasteiger partial charge is 0.337 e. The van der Waals surface area contributed by atoms with Gasteiger partial charge in [0.05, 0.1) is 6.54 Å². The van der Waals surface area contributed by atoms with Gasteiger partial charge in [0.2, 0.25) is 5.91 Å². The molecule has 0 radical (unpaired) electrons. The van der Waals surface area contributed by atoms with Crippen molar-refractivity contribution < 1.29 is 29.4 Å². The van der Waals surface area contributed by atoms with Crippen LogP contribution in [0, 0.1) is 0 Å². The van der Waals surface area contributed by atoms with Crippen molar-refractivity contribution >= 4 is 34.5 Å². The number of aliphatic carboxylic acids is 1. The molecule has 1 aliphatic heterocycles. The minimum Gasteiger partial charge on any atom is -0.479 e. The van der Waals surface area contributed by atoms with Crippen LogP contribution in [0.15, 0.2) is 36.4 Å². The minimum absolute atomic E-state index is 0.0153. The first-order chi connectivity index (χ1) is 13.2. The van der Waals surface area contributed by atoms with E-state index in [4.69, 9.17) is 5.11 Å². The van der Waals surface area contributed by atoms with Gasteiger partial charge in [-0.15, -0.1) is 0 Å². The highest BCUT2D eigenvalue weighted by atomic mass is 16.4. The average molecular weight is 384 g/mol. The Morgan fingerprint density at radius 3 is 2.18 bits per heavy atom. The van der Waals surface area contributed by atoms with Gasteiger partial charge in [0.1, 0.15) is 0 Å². The lowest BCUT2D eigenvalue weighted by atomic mass is 9.94. The highest BCUT2D eigenvalue weighted by Crippen LogP contribution is 2.29. The molecule has 0 fully saturated rings. The SMILES string of the molecule is CC(O)(CNC(=O)CCCN1C(=O)c2cccc3cccc(c23)C1=O)C(=O)O. The molecule has 1 aliphatic rings. The summed E-state index contributed by atoms with van der Waals surface area (Å²) in [4.78, 5) is 49.3. The Balaban J connectivity index is 1.63. The van der Waals surface area contributed by atoms with Crippen LogP contribution in [0.2, 0.25) is 0 Å². The second kappa shape index (κ2) is 7.40. The van der Waals surface area contributed by atoms with E-state index in [-0.39, 0.29) is 19.4 Å². The van der Waals surface area contributed by atoms with Crippen molar-refractivity contribution in [2.75, 3.05) is 13.1 Å².